The maximum atomic E-state index is 8.64. The summed E-state index contributed by atoms with van der Waals surface area (Å²) < 4.78 is 17.3. The number of rotatable bonds is 15. The van der Waals surface area contributed by atoms with Gasteiger partial charge < -0.3 is 19.0 Å². The molecule has 5 heteroatoms. The minimum atomic E-state index is -1.58. The van der Waals surface area contributed by atoms with Crippen molar-refractivity contribution < 1.29 is 19.0 Å². The number of hydrogen-bond acceptors (Lipinski definition) is 4. The van der Waals surface area contributed by atoms with Gasteiger partial charge in [0, 0.05) is 39.6 Å². The van der Waals surface area contributed by atoms with Crippen LogP contribution in [-0.2, 0) is 13.9 Å². The van der Waals surface area contributed by atoms with Crippen LogP contribution < -0.4 is 0 Å². The van der Waals surface area contributed by atoms with Crippen LogP contribution in [0.15, 0.2) is 0 Å². The van der Waals surface area contributed by atoms with Gasteiger partial charge in [0.25, 0.3) is 0 Å². The van der Waals surface area contributed by atoms with E-state index in [1.807, 2.05) is 0 Å². The van der Waals surface area contributed by atoms with Crippen LogP contribution in [0, 0.1) is 0 Å². The summed E-state index contributed by atoms with van der Waals surface area (Å²) in [7, 11) is -1.58. The molecule has 0 aromatic rings. The highest BCUT2D eigenvalue weighted by Crippen LogP contribution is 2.36. The predicted octanol–water partition coefficient (Wildman–Crippen LogP) is 4.37. The second-order valence-electron chi connectivity index (χ2n) is 7.68. The maximum absolute atomic E-state index is 8.64. The Hall–Kier alpha value is 0.0569. The molecule has 0 aromatic heterocycles. The lowest BCUT2D eigenvalue weighted by atomic mass is 10.2. The average Bonchev–Trinajstić information content (AvgIpc) is 2.46. The van der Waals surface area contributed by atoms with Gasteiger partial charge in [0.1, 0.15) is 0 Å². The molecule has 0 heterocycles. The molecule has 0 aliphatic rings. The first-order valence-electron chi connectivity index (χ1n) is 9.21. The third-order valence-electron chi connectivity index (χ3n) is 4.48. The molecule has 23 heavy (non-hydrogen) atoms. The monoisotopic (exact) mass is 348 g/mol. The molecule has 0 atom stereocenters. The van der Waals surface area contributed by atoms with Crippen LogP contribution in [0.1, 0.15) is 59.3 Å². The quantitative estimate of drug-likeness (QED) is 0.352. The summed E-state index contributed by atoms with van der Waals surface area (Å²) in [5, 5.41) is 8.94. The van der Waals surface area contributed by atoms with E-state index in [1.165, 1.54) is 0 Å². The van der Waals surface area contributed by atoms with Gasteiger partial charge in [-0.1, -0.05) is 20.8 Å². The van der Waals surface area contributed by atoms with Gasteiger partial charge in [0.15, 0.2) is 8.32 Å². The van der Waals surface area contributed by atoms with Crippen molar-refractivity contribution in [2.45, 2.75) is 77.4 Å². The minimum Gasteiger partial charge on any atom is -0.417 e. The van der Waals surface area contributed by atoms with Gasteiger partial charge in [0.2, 0.25) is 0 Å². The Kier molecular flexibility index (Phi) is 13.4. The zero-order chi connectivity index (χ0) is 17.6. The second kappa shape index (κ2) is 13.4. The van der Waals surface area contributed by atoms with Crippen molar-refractivity contribution in [1.82, 2.24) is 0 Å². The van der Waals surface area contributed by atoms with Crippen molar-refractivity contribution in [3.63, 3.8) is 0 Å². The van der Waals surface area contributed by atoms with Crippen molar-refractivity contribution in [3.05, 3.63) is 0 Å². The molecule has 0 bridgehead atoms. The fourth-order valence-corrected chi connectivity index (χ4v) is 2.87. The molecule has 0 radical (unpaired) electrons. The number of hydrogen-bond donors (Lipinski definition) is 1. The molecule has 0 fully saturated rings. The molecule has 0 unspecified atom stereocenters. The highest BCUT2D eigenvalue weighted by atomic mass is 28.4. The Morgan fingerprint density at radius 3 is 1.48 bits per heavy atom. The zero-order valence-corrected chi connectivity index (χ0v) is 17.2. The van der Waals surface area contributed by atoms with E-state index in [0.717, 1.165) is 71.6 Å². The summed E-state index contributed by atoms with van der Waals surface area (Å²) in [4.78, 5) is 0. The number of ether oxygens (including phenoxy) is 2. The third-order valence-corrected chi connectivity index (χ3v) is 9.01. The van der Waals surface area contributed by atoms with Crippen LogP contribution in [0.3, 0.4) is 0 Å². The number of unbranched alkanes of at least 4 members (excludes halogenated alkanes) is 3. The van der Waals surface area contributed by atoms with Gasteiger partial charge in [-0.2, -0.15) is 0 Å². The first-order valence-corrected chi connectivity index (χ1v) is 12.1. The molecule has 0 aliphatic heterocycles. The zero-order valence-electron chi connectivity index (χ0n) is 16.2. The van der Waals surface area contributed by atoms with Crippen LogP contribution in [0.4, 0.5) is 0 Å². The summed E-state index contributed by atoms with van der Waals surface area (Å²) in [6.45, 7) is 15.8. The largest absolute Gasteiger partial charge is 0.417 e. The average molecular weight is 349 g/mol. The first kappa shape index (κ1) is 23.1. The van der Waals surface area contributed by atoms with Crippen LogP contribution >= 0.6 is 0 Å². The molecule has 0 aromatic carbocycles. The summed E-state index contributed by atoms with van der Waals surface area (Å²) in [6.07, 6.45) is 6.05. The lowest BCUT2D eigenvalue weighted by molar-refractivity contribution is 0.0961. The van der Waals surface area contributed by atoms with Gasteiger partial charge in [-0.15, -0.1) is 0 Å². The lowest BCUT2D eigenvalue weighted by Crippen LogP contribution is -2.40. The first-order chi connectivity index (χ1) is 10.8. The van der Waals surface area contributed by atoms with Gasteiger partial charge in [-0.3, -0.25) is 0 Å². The highest BCUT2D eigenvalue weighted by Gasteiger charge is 2.36. The topological polar surface area (TPSA) is 47.9 Å². The molecule has 140 valence electrons. The minimum absolute atomic E-state index is 0.262. The van der Waals surface area contributed by atoms with E-state index in [0.29, 0.717) is 5.04 Å². The second-order valence-corrected chi connectivity index (χ2v) is 12.5. The van der Waals surface area contributed by atoms with Gasteiger partial charge in [-0.05, 0) is 56.7 Å². The molecular weight excluding hydrogens is 308 g/mol. The summed E-state index contributed by atoms with van der Waals surface area (Å²) in [5.74, 6) is 0. The lowest BCUT2D eigenvalue weighted by Gasteiger charge is -2.36. The van der Waals surface area contributed by atoms with Crippen molar-refractivity contribution in [2.75, 3.05) is 39.6 Å². The molecule has 0 spiro atoms. The molecule has 0 amide bonds. The fourth-order valence-electron chi connectivity index (χ4n) is 1.78. The molecule has 0 saturated heterocycles. The predicted molar refractivity (Wildman–Crippen MR) is 99.6 cm³/mol. The molecule has 0 aliphatic carbocycles. The van der Waals surface area contributed by atoms with Crippen LogP contribution in [-0.4, -0.2) is 53.1 Å². The van der Waals surface area contributed by atoms with E-state index in [-0.39, 0.29) is 6.61 Å². The van der Waals surface area contributed by atoms with Crippen molar-refractivity contribution in [2.24, 2.45) is 0 Å². The number of aliphatic hydroxyl groups excluding tert-OH is 1. The Bertz CT molecular complexity index is 264. The van der Waals surface area contributed by atoms with E-state index >= 15 is 0 Å². The highest BCUT2D eigenvalue weighted by molar-refractivity contribution is 6.74. The van der Waals surface area contributed by atoms with Crippen LogP contribution in [0.5, 0.6) is 0 Å². The van der Waals surface area contributed by atoms with Crippen LogP contribution in [0.2, 0.25) is 18.1 Å². The van der Waals surface area contributed by atoms with E-state index in [9.17, 15) is 0 Å². The van der Waals surface area contributed by atoms with Gasteiger partial charge >= 0.3 is 0 Å². The SMILES string of the molecule is CC(C)(C)[Si](C)(C)OCCCCOCCCCOCCCCO. The van der Waals surface area contributed by atoms with E-state index < -0.39 is 8.32 Å². The standard InChI is InChI=1S/C18H40O4Si/c1-18(2,3)23(4,5)22-17-11-10-16-21-15-9-8-14-20-13-7-6-12-19/h19H,6-17H2,1-5H3. The van der Waals surface area contributed by atoms with Crippen LogP contribution in [0.25, 0.3) is 0 Å². The van der Waals surface area contributed by atoms with Gasteiger partial charge in [-0.25, -0.2) is 0 Å². The number of aliphatic hydroxyl groups is 1. The molecular formula is C18H40O4Si. The van der Waals surface area contributed by atoms with Crippen molar-refractivity contribution in [3.8, 4) is 0 Å². The van der Waals surface area contributed by atoms with E-state index in [4.69, 9.17) is 19.0 Å². The molecule has 0 saturated carbocycles. The van der Waals surface area contributed by atoms with E-state index in [1.54, 1.807) is 0 Å². The molecule has 0 rings (SSSR count). The van der Waals surface area contributed by atoms with Gasteiger partial charge in [0.05, 0.1) is 0 Å². The summed E-state index contributed by atoms with van der Waals surface area (Å²) >= 11 is 0. The van der Waals surface area contributed by atoms with Crippen molar-refractivity contribution in [1.29, 1.82) is 0 Å². The smallest absolute Gasteiger partial charge is 0.191 e. The fraction of sp³-hybridized carbons (Fsp3) is 1.00. The summed E-state index contributed by atoms with van der Waals surface area (Å²) in [5.41, 5.74) is 0. The van der Waals surface area contributed by atoms with Crippen molar-refractivity contribution >= 4 is 8.32 Å². The van der Waals surface area contributed by atoms with E-state index in [2.05, 4.69) is 33.9 Å². The Morgan fingerprint density at radius 2 is 1.09 bits per heavy atom. The Balaban J connectivity index is 3.25. The third kappa shape index (κ3) is 13.1. The normalized spacial score (nSPS) is 12.8. The molecule has 4 nitrogen and oxygen atoms in total. The Labute approximate surface area is 145 Å². The summed E-state index contributed by atoms with van der Waals surface area (Å²) in [6, 6.07) is 0. The maximum Gasteiger partial charge on any atom is 0.191 e. The Morgan fingerprint density at radius 1 is 0.696 bits per heavy atom. The molecule has 1 N–H and O–H groups in total.